The summed E-state index contributed by atoms with van der Waals surface area (Å²) in [4.78, 5) is 33.1. The maximum absolute atomic E-state index is 11.4. The molecule has 2 amide bonds. The van der Waals surface area contributed by atoms with Gasteiger partial charge in [-0.15, -0.1) is 0 Å². The van der Waals surface area contributed by atoms with Crippen molar-refractivity contribution < 1.29 is 24.6 Å². The Hall–Kier alpha value is -1.59. The third-order valence-electron chi connectivity index (χ3n) is 2.33. The summed E-state index contributed by atoms with van der Waals surface area (Å²) in [7, 11) is 0. The topological polar surface area (TPSA) is 94.9 Å². The van der Waals surface area contributed by atoms with Gasteiger partial charge in [0.25, 0.3) is 0 Å². The fourth-order valence-corrected chi connectivity index (χ4v) is 1.51. The number of carbonyl (C=O) groups is 3. The second-order valence-electron chi connectivity index (χ2n) is 3.32. The van der Waals surface area contributed by atoms with Crippen molar-refractivity contribution in [3.63, 3.8) is 0 Å². The lowest BCUT2D eigenvalue weighted by atomic mass is 9.94. The van der Waals surface area contributed by atoms with Crippen LogP contribution >= 0.6 is 0 Å². The Balaban J connectivity index is 2.93. The normalized spacial score (nSPS) is 27.5. The lowest BCUT2D eigenvalue weighted by Gasteiger charge is -2.31. The quantitative estimate of drug-likeness (QED) is 0.639. The molecule has 0 aromatic heterocycles. The average molecular weight is 201 g/mol. The second-order valence-corrected chi connectivity index (χ2v) is 3.32. The van der Waals surface area contributed by atoms with Crippen molar-refractivity contribution in [2.24, 2.45) is 5.92 Å². The molecule has 1 aliphatic rings. The number of aliphatic carboxylic acids is 1. The molecule has 0 saturated carbocycles. The number of nitrogens with zero attached hydrogens (tertiary/aromatic N) is 1. The molecule has 0 aliphatic carbocycles. The van der Waals surface area contributed by atoms with Gasteiger partial charge in [0.15, 0.2) is 0 Å². The molecular weight excluding hydrogens is 190 g/mol. The SMILES string of the molecule is CC1CC[C@@H](C(=O)O)N(C(=O)O)C1=O. The Morgan fingerprint density at radius 2 is 1.93 bits per heavy atom. The zero-order chi connectivity index (χ0) is 10.9. The number of hydrogen-bond acceptors (Lipinski definition) is 3. The number of carboxylic acids is 1. The van der Waals surface area contributed by atoms with E-state index in [1.807, 2.05) is 0 Å². The van der Waals surface area contributed by atoms with E-state index in [4.69, 9.17) is 10.2 Å². The highest BCUT2D eigenvalue weighted by molar-refractivity contribution is 5.97. The van der Waals surface area contributed by atoms with Crippen LogP contribution in [0.15, 0.2) is 0 Å². The van der Waals surface area contributed by atoms with Crippen LogP contribution in [0.2, 0.25) is 0 Å². The number of imide groups is 1. The Morgan fingerprint density at radius 1 is 1.36 bits per heavy atom. The number of likely N-dealkylation sites (tertiary alicyclic amines) is 1. The maximum Gasteiger partial charge on any atom is 0.414 e. The number of piperidine rings is 1. The summed E-state index contributed by atoms with van der Waals surface area (Å²) >= 11 is 0. The first-order chi connectivity index (χ1) is 6.45. The predicted octanol–water partition coefficient (Wildman–Crippen LogP) is 0.376. The first-order valence-electron chi connectivity index (χ1n) is 4.24. The molecule has 1 heterocycles. The Morgan fingerprint density at radius 3 is 2.36 bits per heavy atom. The highest BCUT2D eigenvalue weighted by Gasteiger charge is 2.40. The molecule has 14 heavy (non-hydrogen) atoms. The fourth-order valence-electron chi connectivity index (χ4n) is 1.51. The summed E-state index contributed by atoms with van der Waals surface area (Å²) in [6, 6.07) is -1.23. The van der Waals surface area contributed by atoms with E-state index >= 15 is 0 Å². The largest absolute Gasteiger partial charge is 0.480 e. The van der Waals surface area contributed by atoms with Crippen molar-refractivity contribution in [1.29, 1.82) is 0 Å². The molecule has 0 radical (unpaired) electrons. The molecular formula is C8H11NO5. The molecule has 1 rings (SSSR count). The molecule has 1 unspecified atom stereocenters. The van der Waals surface area contributed by atoms with E-state index in [0.717, 1.165) is 0 Å². The first kappa shape index (κ1) is 10.5. The Kier molecular flexibility index (Phi) is 2.73. The number of carbonyl (C=O) groups excluding carboxylic acids is 1. The van der Waals surface area contributed by atoms with Crippen molar-refractivity contribution >= 4 is 18.0 Å². The van der Waals surface area contributed by atoms with E-state index in [-0.39, 0.29) is 6.42 Å². The van der Waals surface area contributed by atoms with Crippen LogP contribution in [0.25, 0.3) is 0 Å². The lowest BCUT2D eigenvalue weighted by Crippen LogP contribution is -2.53. The average Bonchev–Trinajstić information content (AvgIpc) is 2.08. The van der Waals surface area contributed by atoms with Crippen LogP contribution in [-0.4, -0.2) is 39.1 Å². The van der Waals surface area contributed by atoms with Gasteiger partial charge >= 0.3 is 12.1 Å². The Bertz CT molecular complexity index is 287. The molecule has 2 atom stereocenters. The van der Waals surface area contributed by atoms with E-state index in [1.165, 1.54) is 0 Å². The molecule has 1 aliphatic heterocycles. The lowest BCUT2D eigenvalue weighted by molar-refractivity contribution is -0.153. The van der Waals surface area contributed by atoms with E-state index < -0.39 is 29.9 Å². The standard InChI is InChI=1S/C8H11NO5/c1-4-2-3-5(7(11)12)9(6(4)10)8(13)14/h4-5H,2-3H2,1H3,(H,11,12)(H,13,14)/t4?,5-/m0/s1. The monoisotopic (exact) mass is 201 g/mol. The predicted molar refractivity (Wildman–Crippen MR) is 44.7 cm³/mol. The van der Waals surface area contributed by atoms with Crippen molar-refractivity contribution in [2.45, 2.75) is 25.8 Å². The molecule has 0 aromatic carbocycles. The van der Waals surface area contributed by atoms with Crippen molar-refractivity contribution in [3.8, 4) is 0 Å². The van der Waals surface area contributed by atoms with Crippen LogP contribution < -0.4 is 0 Å². The zero-order valence-electron chi connectivity index (χ0n) is 7.64. The molecule has 6 heteroatoms. The number of hydrogen-bond donors (Lipinski definition) is 2. The number of carboxylic acid groups (broad SMARTS) is 2. The van der Waals surface area contributed by atoms with Gasteiger partial charge in [0.05, 0.1) is 0 Å². The third-order valence-corrected chi connectivity index (χ3v) is 2.33. The highest BCUT2D eigenvalue weighted by atomic mass is 16.4. The first-order valence-corrected chi connectivity index (χ1v) is 4.24. The van der Waals surface area contributed by atoms with Gasteiger partial charge < -0.3 is 10.2 Å². The Labute approximate surface area is 80.1 Å². The van der Waals surface area contributed by atoms with Gasteiger partial charge in [0.1, 0.15) is 6.04 Å². The van der Waals surface area contributed by atoms with E-state index in [1.54, 1.807) is 6.92 Å². The van der Waals surface area contributed by atoms with Crippen LogP contribution in [0.1, 0.15) is 19.8 Å². The molecule has 0 bridgehead atoms. The molecule has 1 fully saturated rings. The minimum atomic E-state index is -1.49. The van der Waals surface area contributed by atoms with Gasteiger partial charge in [-0.05, 0) is 12.8 Å². The van der Waals surface area contributed by atoms with Crippen molar-refractivity contribution in [2.75, 3.05) is 0 Å². The summed E-state index contributed by atoms with van der Waals surface area (Å²) in [5.41, 5.74) is 0. The van der Waals surface area contributed by atoms with Crippen LogP contribution in [0, 0.1) is 5.92 Å². The van der Waals surface area contributed by atoms with E-state index in [2.05, 4.69) is 0 Å². The second kappa shape index (κ2) is 3.65. The number of amides is 2. The maximum atomic E-state index is 11.4. The highest BCUT2D eigenvalue weighted by Crippen LogP contribution is 2.23. The van der Waals surface area contributed by atoms with Gasteiger partial charge in [-0.2, -0.15) is 0 Å². The van der Waals surface area contributed by atoms with Gasteiger partial charge in [-0.1, -0.05) is 6.92 Å². The van der Waals surface area contributed by atoms with Gasteiger partial charge in [-0.25, -0.2) is 14.5 Å². The third kappa shape index (κ3) is 1.68. The van der Waals surface area contributed by atoms with E-state index in [0.29, 0.717) is 11.3 Å². The summed E-state index contributed by atoms with van der Waals surface area (Å²) in [5, 5.41) is 17.4. The summed E-state index contributed by atoms with van der Waals surface area (Å²) in [6.45, 7) is 1.59. The summed E-state index contributed by atoms with van der Waals surface area (Å²) < 4.78 is 0. The van der Waals surface area contributed by atoms with Gasteiger partial charge in [0, 0.05) is 5.92 Å². The molecule has 2 N–H and O–H groups in total. The fraction of sp³-hybridized carbons (Fsp3) is 0.625. The minimum Gasteiger partial charge on any atom is -0.480 e. The van der Waals surface area contributed by atoms with Crippen LogP contribution in [-0.2, 0) is 9.59 Å². The minimum absolute atomic E-state index is 0.189. The van der Waals surface area contributed by atoms with Gasteiger partial charge in [-0.3, -0.25) is 4.79 Å². The zero-order valence-corrected chi connectivity index (χ0v) is 7.64. The molecule has 1 saturated heterocycles. The van der Waals surface area contributed by atoms with Crippen molar-refractivity contribution in [1.82, 2.24) is 4.90 Å². The molecule has 6 nitrogen and oxygen atoms in total. The van der Waals surface area contributed by atoms with Crippen LogP contribution in [0.3, 0.4) is 0 Å². The molecule has 0 spiro atoms. The smallest absolute Gasteiger partial charge is 0.414 e. The van der Waals surface area contributed by atoms with E-state index in [9.17, 15) is 14.4 Å². The van der Waals surface area contributed by atoms with Crippen LogP contribution in [0.5, 0.6) is 0 Å². The van der Waals surface area contributed by atoms with Crippen LogP contribution in [0.4, 0.5) is 4.79 Å². The molecule has 0 aromatic rings. The summed E-state index contributed by atoms with van der Waals surface area (Å²) in [6.07, 6.45) is -0.886. The summed E-state index contributed by atoms with van der Waals surface area (Å²) in [5.74, 6) is -2.31. The molecule has 78 valence electrons. The van der Waals surface area contributed by atoms with Gasteiger partial charge in [0.2, 0.25) is 5.91 Å². The number of rotatable bonds is 1. The van der Waals surface area contributed by atoms with Crippen molar-refractivity contribution in [3.05, 3.63) is 0 Å².